The Balaban J connectivity index is 0.00000120. The summed E-state index contributed by atoms with van der Waals surface area (Å²) in [6.45, 7) is 0. The third-order valence-corrected chi connectivity index (χ3v) is 5.35. The van der Waals surface area contributed by atoms with Crippen molar-refractivity contribution in [1.82, 2.24) is 0 Å². The van der Waals surface area contributed by atoms with E-state index in [1.54, 1.807) is 18.2 Å². The van der Waals surface area contributed by atoms with Crippen LogP contribution in [0.15, 0.2) is 24.3 Å². The van der Waals surface area contributed by atoms with Gasteiger partial charge in [0.15, 0.2) is 9.58 Å². The maximum absolute atomic E-state index is 13.1. The second-order valence-electron chi connectivity index (χ2n) is 4.26. The van der Waals surface area contributed by atoms with Crippen molar-refractivity contribution in [1.29, 1.82) is 0 Å². The van der Waals surface area contributed by atoms with Gasteiger partial charge in [0.1, 0.15) is 0 Å². The van der Waals surface area contributed by atoms with Gasteiger partial charge in [0, 0.05) is 28.5 Å². The highest BCUT2D eigenvalue weighted by molar-refractivity contribution is 7.38. The van der Waals surface area contributed by atoms with Crippen molar-refractivity contribution in [3.63, 3.8) is 0 Å². The fourth-order valence-electron chi connectivity index (χ4n) is 2.05. The molecule has 1 unspecified atom stereocenters. The highest BCUT2D eigenvalue weighted by Crippen LogP contribution is 2.57. The first kappa shape index (κ1) is 14.0. The fourth-order valence-corrected chi connectivity index (χ4v) is 4.48. The highest BCUT2D eigenvalue weighted by Gasteiger charge is 2.51. The summed E-state index contributed by atoms with van der Waals surface area (Å²) in [7, 11) is -1.76. The second kappa shape index (κ2) is 4.58. The summed E-state index contributed by atoms with van der Waals surface area (Å²) in [6, 6.07) is 6.49. The van der Waals surface area contributed by atoms with E-state index < -0.39 is 16.0 Å². The zero-order valence-corrected chi connectivity index (χ0v) is 11.5. The molecule has 0 aliphatic heterocycles. The molecular formula is C12H10Cl2F3S+. The lowest BCUT2D eigenvalue weighted by Gasteiger charge is -1.98. The van der Waals surface area contributed by atoms with Gasteiger partial charge in [-0.15, -0.1) is 25.6 Å². The normalized spacial score (nSPS) is 16.8. The lowest BCUT2D eigenvalue weighted by atomic mass is 10.2. The van der Waals surface area contributed by atoms with Crippen molar-refractivity contribution >= 4 is 44.6 Å². The summed E-state index contributed by atoms with van der Waals surface area (Å²) in [5.41, 5.74) is -4.19. The van der Waals surface area contributed by atoms with Gasteiger partial charge in [-0.3, -0.25) is 0 Å². The van der Waals surface area contributed by atoms with Gasteiger partial charge in [-0.25, -0.2) is 0 Å². The predicted molar refractivity (Wildman–Crippen MR) is 72.0 cm³/mol. The SMILES string of the molecule is Cl.FC(F)(F)[s+]1c(C2CC2)cc2ccc(Cl)cc21. The number of halogens is 5. The number of hydrogen-bond donors (Lipinski definition) is 0. The number of alkyl halides is 3. The Kier molecular flexibility index (Phi) is 3.56. The van der Waals surface area contributed by atoms with E-state index in [-0.39, 0.29) is 18.3 Å². The minimum absolute atomic E-state index is 0. The Bertz CT molecular complexity index is 585. The van der Waals surface area contributed by atoms with Crippen molar-refractivity contribution in [2.24, 2.45) is 0 Å². The molecule has 0 bridgehead atoms. The molecule has 3 rings (SSSR count). The van der Waals surface area contributed by atoms with Crippen molar-refractivity contribution in [3.8, 4) is 0 Å². The van der Waals surface area contributed by atoms with Gasteiger partial charge in [-0.2, -0.15) is 0 Å². The molecule has 0 spiro atoms. The Morgan fingerprint density at radius 1 is 1.17 bits per heavy atom. The number of fused-ring (bicyclic) bond motifs is 1. The van der Waals surface area contributed by atoms with Crippen LogP contribution >= 0.6 is 34.5 Å². The molecule has 1 saturated carbocycles. The van der Waals surface area contributed by atoms with Crippen LogP contribution in [0.25, 0.3) is 10.1 Å². The molecule has 0 N–H and O–H groups in total. The van der Waals surface area contributed by atoms with Crippen LogP contribution < -0.4 is 0 Å². The highest BCUT2D eigenvalue weighted by atomic mass is 35.5. The van der Waals surface area contributed by atoms with E-state index >= 15 is 0 Å². The molecule has 1 aromatic heterocycles. The first-order valence-corrected chi connectivity index (χ1v) is 6.89. The first-order chi connectivity index (χ1) is 7.97. The zero-order chi connectivity index (χ0) is 12.2. The van der Waals surface area contributed by atoms with Crippen LogP contribution in [0, 0.1) is 0 Å². The van der Waals surface area contributed by atoms with Crippen molar-refractivity contribution < 1.29 is 13.2 Å². The quantitative estimate of drug-likeness (QED) is 0.565. The van der Waals surface area contributed by atoms with Crippen LogP contribution in [0.4, 0.5) is 13.2 Å². The van der Waals surface area contributed by atoms with Crippen LogP contribution in [0.2, 0.25) is 5.02 Å². The topological polar surface area (TPSA) is 0 Å². The van der Waals surface area contributed by atoms with E-state index in [4.69, 9.17) is 11.6 Å². The van der Waals surface area contributed by atoms with Gasteiger partial charge < -0.3 is 0 Å². The Morgan fingerprint density at radius 2 is 1.83 bits per heavy atom. The maximum atomic E-state index is 13.1. The summed E-state index contributed by atoms with van der Waals surface area (Å²) >= 11 is 5.80. The summed E-state index contributed by atoms with van der Waals surface area (Å²) in [4.78, 5) is 0.551. The van der Waals surface area contributed by atoms with E-state index in [1.807, 2.05) is 0 Å². The zero-order valence-electron chi connectivity index (χ0n) is 9.13. The smallest absolute Gasteiger partial charge is 0.147 e. The molecule has 1 atom stereocenters. The Morgan fingerprint density at radius 3 is 2.39 bits per heavy atom. The lowest BCUT2D eigenvalue weighted by molar-refractivity contribution is -0.0867. The third-order valence-electron chi connectivity index (χ3n) is 2.94. The molecule has 18 heavy (non-hydrogen) atoms. The van der Waals surface area contributed by atoms with E-state index in [1.165, 1.54) is 6.07 Å². The molecular weight excluding hydrogens is 304 g/mol. The van der Waals surface area contributed by atoms with Crippen LogP contribution in [0.3, 0.4) is 0 Å². The van der Waals surface area contributed by atoms with E-state index in [0.29, 0.717) is 20.0 Å². The summed E-state index contributed by atoms with van der Waals surface area (Å²) < 4.78 is 39.8. The Hall–Kier alpha value is -0.450. The maximum Gasteiger partial charge on any atom is 0.600 e. The minimum Gasteiger partial charge on any atom is -0.147 e. The van der Waals surface area contributed by atoms with Crippen LogP contribution in [0.5, 0.6) is 0 Å². The van der Waals surface area contributed by atoms with E-state index in [9.17, 15) is 13.2 Å². The standard InChI is InChI=1S/C12H9ClF3S.ClH/c13-9-4-3-8-5-10(7-1-2-7)17(11(8)6-9)12(14,15)16;/h3-7H,1-2H2;1H/q+1;. The van der Waals surface area contributed by atoms with Gasteiger partial charge in [-0.1, -0.05) is 11.6 Å². The van der Waals surface area contributed by atoms with Gasteiger partial charge in [0.2, 0.25) is 0 Å². The molecule has 0 saturated heterocycles. The Labute approximate surface area is 116 Å². The third kappa shape index (κ3) is 2.33. The van der Waals surface area contributed by atoms with Crippen molar-refractivity contribution in [2.45, 2.75) is 24.3 Å². The predicted octanol–water partition coefficient (Wildman–Crippen LogP) is 6.02. The average molecular weight is 314 g/mol. The van der Waals surface area contributed by atoms with E-state index in [2.05, 4.69) is 0 Å². The van der Waals surface area contributed by atoms with Gasteiger partial charge >= 0.3 is 5.51 Å². The molecule has 1 aliphatic carbocycles. The molecule has 6 heteroatoms. The minimum atomic E-state index is -4.19. The second-order valence-corrected chi connectivity index (χ2v) is 6.68. The summed E-state index contributed by atoms with van der Waals surface area (Å²) in [5, 5.41) is 1.05. The largest absolute Gasteiger partial charge is 0.600 e. The molecule has 2 aromatic rings. The van der Waals surface area contributed by atoms with Crippen LogP contribution in [-0.2, 0) is 5.51 Å². The monoisotopic (exact) mass is 313 g/mol. The molecule has 0 radical (unpaired) electrons. The summed E-state index contributed by atoms with van der Waals surface area (Å²) in [6.07, 6.45) is 1.76. The molecule has 0 amide bonds. The first-order valence-electron chi connectivity index (χ1n) is 5.29. The van der Waals surface area contributed by atoms with Crippen molar-refractivity contribution in [2.75, 3.05) is 0 Å². The van der Waals surface area contributed by atoms with Gasteiger partial charge in [-0.05, 0) is 25.0 Å². The van der Waals surface area contributed by atoms with Crippen LogP contribution in [-0.4, -0.2) is 0 Å². The molecule has 0 nitrogen and oxygen atoms in total. The molecule has 1 aromatic carbocycles. The average Bonchev–Trinajstić information content (AvgIpc) is 2.97. The molecule has 1 fully saturated rings. The molecule has 98 valence electrons. The molecule has 1 aliphatic rings. The number of rotatable bonds is 1. The molecule has 1 heterocycles. The van der Waals surface area contributed by atoms with Crippen molar-refractivity contribution in [3.05, 3.63) is 34.2 Å². The van der Waals surface area contributed by atoms with Crippen LogP contribution in [0.1, 0.15) is 23.6 Å². The summed E-state index contributed by atoms with van der Waals surface area (Å²) in [5.74, 6) is 0.131. The lowest BCUT2D eigenvalue weighted by Crippen LogP contribution is -1.97. The van der Waals surface area contributed by atoms with Gasteiger partial charge in [0.25, 0.3) is 0 Å². The van der Waals surface area contributed by atoms with E-state index in [0.717, 1.165) is 12.8 Å². The number of hydrogen-bond acceptors (Lipinski definition) is 0. The fraction of sp³-hybridized carbons (Fsp3) is 0.333. The number of thiophene rings is 1. The number of benzene rings is 1. The van der Waals surface area contributed by atoms with Gasteiger partial charge in [0.05, 0.1) is 10.5 Å².